The van der Waals surface area contributed by atoms with Crippen LogP contribution in [-0.2, 0) is 29.4 Å². The number of nitrogens with one attached hydrogen (secondary N) is 1. The number of carbonyl (C=O) groups excluding carboxylic acids is 5. The van der Waals surface area contributed by atoms with Crippen LogP contribution in [0.2, 0.25) is 0 Å². The highest BCUT2D eigenvalue weighted by molar-refractivity contribution is 7.52. The van der Waals surface area contributed by atoms with Crippen LogP contribution in [0.25, 0.3) is 10.1 Å². The third-order valence-corrected chi connectivity index (χ3v) is 11.3. The Hall–Kier alpha value is -3.50. The number of aliphatic hydroxyl groups is 1. The normalized spacial score (nSPS) is 25.4. The van der Waals surface area contributed by atoms with Crippen LogP contribution in [0.1, 0.15) is 48.3 Å². The zero-order chi connectivity index (χ0) is 34.6. The van der Waals surface area contributed by atoms with Gasteiger partial charge in [0, 0.05) is 63.4 Å². The molecular weight excluding hydrogens is 663 g/mol. The number of halogens is 2. The molecule has 1 aromatic carbocycles. The van der Waals surface area contributed by atoms with Gasteiger partial charge >= 0.3 is 13.3 Å². The van der Waals surface area contributed by atoms with Crippen molar-refractivity contribution in [3.63, 3.8) is 0 Å². The minimum Gasteiger partial charge on any atom is -0.389 e. The van der Waals surface area contributed by atoms with Crippen molar-refractivity contribution < 1.29 is 52.2 Å². The quantitative estimate of drug-likeness (QED) is 0.318. The predicted molar refractivity (Wildman–Crippen MR) is 164 cm³/mol. The Labute approximate surface area is 272 Å². The highest BCUT2D eigenvalue weighted by Crippen LogP contribution is 2.59. The summed E-state index contributed by atoms with van der Waals surface area (Å²) in [5.41, 5.74) is -5.36. The van der Waals surface area contributed by atoms with E-state index in [4.69, 9.17) is 9.79 Å². The molecule has 256 valence electrons. The minimum atomic E-state index is -5.82. The number of likely N-dealkylation sites (N-methyl/N-ethyl adjacent to an activating group) is 1. The summed E-state index contributed by atoms with van der Waals surface area (Å²) < 4.78 is 40.4. The Morgan fingerprint density at radius 2 is 1.70 bits per heavy atom. The number of hydrogen-bond acceptors (Lipinski definition) is 8. The highest BCUT2D eigenvalue weighted by atomic mass is 32.1. The first-order valence-electron chi connectivity index (χ1n) is 15.0. The molecule has 4 N–H and O–H groups in total. The fraction of sp³-hybridized carbons (Fsp3) is 0.552. The lowest BCUT2D eigenvalue weighted by molar-refractivity contribution is -0.149. The monoisotopic (exact) mass is 699 g/mol. The first kappa shape index (κ1) is 34.8. The van der Waals surface area contributed by atoms with Gasteiger partial charge in [-0.3, -0.25) is 28.5 Å². The standard InChI is InChI=1S/C29H36F2N5O9PS/c1-15(37)34-9-8-19-5-6-21(28(42)33(3)22-13-35(16(2)38)14-23(22)39)36(19)27(41)20(12-34)32-26(40)25-11-17-10-18(4-7-24(17)47-25)29(30,31)46(43,44)45/h4,7,10-11,19-23,39H,5-6,8-9,12-14H2,1-3H3,(H,32,40)(H2,43,44,45)/t19-,20+,21+,22+,23+/m1/s1. The van der Waals surface area contributed by atoms with Crippen LogP contribution < -0.4 is 5.32 Å². The van der Waals surface area contributed by atoms with Crippen LogP contribution in [-0.4, -0.2) is 128 Å². The van der Waals surface area contributed by atoms with Crippen molar-refractivity contribution in [2.45, 2.75) is 69.0 Å². The largest absolute Gasteiger partial charge is 0.399 e. The van der Waals surface area contributed by atoms with Crippen molar-refractivity contribution in [1.29, 1.82) is 0 Å². The number of nitrogens with zero attached hydrogens (tertiary/aromatic N) is 4. The smallest absolute Gasteiger partial charge is 0.389 e. The van der Waals surface area contributed by atoms with Crippen molar-refractivity contribution in [3.05, 3.63) is 34.7 Å². The van der Waals surface area contributed by atoms with E-state index in [0.29, 0.717) is 24.0 Å². The van der Waals surface area contributed by atoms with Gasteiger partial charge in [-0.05, 0) is 42.8 Å². The van der Waals surface area contributed by atoms with Gasteiger partial charge in [0.25, 0.3) is 5.91 Å². The van der Waals surface area contributed by atoms with Crippen LogP contribution in [0.5, 0.6) is 0 Å². The lowest BCUT2D eigenvalue weighted by atomic mass is 10.1. The average molecular weight is 700 g/mol. The number of amides is 5. The number of thiophene rings is 1. The fourth-order valence-electron chi connectivity index (χ4n) is 6.56. The van der Waals surface area contributed by atoms with Crippen molar-refractivity contribution in [2.75, 3.05) is 33.2 Å². The van der Waals surface area contributed by atoms with E-state index in [0.717, 1.165) is 23.5 Å². The Bertz CT molecular complexity index is 1670. The second-order valence-electron chi connectivity index (χ2n) is 12.2. The Morgan fingerprint density at radius 3 is 2.32 bits per heavy atom. The van der Waals surface area contributed by atoms with Crippen LogP contribution in [0.3, 0.4) is 0 Å². The summed E-state index contributed by atoms with van der Waals surface area (Å²) in [7, 11) is -4.30. The first-order valence-corrected chi connectivity index (χ1v) is 17.4. The molecule has 14 nitrogen and oxygen atoms in total. The van der Waals surface area contributed by atoms with E-state index in [1.807, 2.05) is 0 Å². The molecule has 0 saturated carbocycles. The van der Waals surface area contributed by atoms with E-state index < -0.39 is 66.8 Å². The molecule has 0 bridgehead atoms. The zero-order valence-corrected chi connectivity index (χ0v) is 27.5. The van der Waals surface area contributed by atoms with E-state index in [-0.39, 0.29) is 48.3 Å². The summed E-state index contributed by atoms with van der Waals surface area (Å²) in [4.78, 5) is 89.7. The molecule has 3 fully saturated rings. The third kappa shape index (κ3) is 6.64. The fourth-order valence-corrected chi connectivity index (χ4v) is 7.98. The zero-order valence-electron chi connectivity index (χ0n) is 25.8. The molecule has 3 aliphatic rings. The number of fused-ring (bicyclic) bond motifs is 2. The van der Waals surface area contributed by atoms with Gasteiger partial charge in [0.05, 0.1) is 17.0 Å². The van der Waals surface area contributed by atoms with E-state index >= 15 is 0 Å². The molecular formula is C29H36F2N5O9PS. The maximum atomic E-state index is 14.3. The predicted octanol–water partition coefficient (Wildman–Crippen LogP) is 0.889. The molecule has 5 atom stereocenters. The van der Waals surface area contributed by atoms with Gasteiger partial charge in [0.1, 0.15) is 12.1 Å². The Morgan fingerprint density at radius 1 is 1.02 bits per heavy atom. The lowest BCUT2D eigenvalue weighted by Crippen LogP contribution is -2.61. The Balaban J connectivity index is 1.39. The second-order valence-corrected chi connectivity index (χ2v) is 15.0. The molecule has 0 aliphatic carbocycles. The van der Waals surface area contributed by atoms with E-state index in [1.54, 1.807) is 0 Å². The average Bonchev–Trinajstić information content (AvgIpc) is 3.72. The number of hydrogen-bond donors (Lipinski definition) is 4. The summed E-state index contributed by atoms with van der Waals surface area (Å²) in [5.74, 6) is -2.30. The molecule has 47 heavy (non-hydrogen) atoms. The number of alkyl halides is 2. The Kier molecular flexibility index (Phi) is 9.51. The van der Waals surface area contributed by atoms with Gasteiger partial charge in [-0.2, -0.15) is 8.78 Å². The maximum Gasteiger partial charge on any atom is 0.399 e. The van der Waals surface area contributed by atoms with Gasteiger partial charge in [-0.1, -0.05) is 6.07 Å². The number of aliphatic hydroxyl groups excluding tert-OH is 1. The van der Waals surface area contributed by atoms with Crippen LogP contribution in [0.4, 0.5) is 8.78 Å². The van der Waals surface area contributed by atoms with Gasteiger partial charge in [-0.15, -0.1) is 11.3 Å². The molecule has 1 aromatic heterocycles. The molecule has 18 heteroatoms. The topological polar surface area (TPSA) is 188 Å². The van der Waals surface area contributed by atoms with Crippen LogP contribution >= 0.6 is 18.9 Å². The minimum absolute atomic E-state index is 0.0245. The molecule has 2 aromatic rings. The molecule has 0 radical (unpaired) electrons. The number of benzene rings is 1. The SMILES string of the molecule is CC(=O)N1CC[C@H]2CC[C@@H](C(=O)N(C)[C@H]3CN(C(C)=O)C[C@@H]3O)N2C(=O)[C@@H](NC(=O)c2cc3cc(C(F)(F)P(=O)(O)O)ccc3s2)C1. The van der Waals surface area contributed by atoms with Crippen molar-refractivity contribution >= 4 is 58.6 Å². The van der Waals surface area contributed by atoms with Crippen LogP contribution in [0.15, 0.2) is 24.3 Å². The molecule has 5 rings (SSSR count). The van der Waals surface area contributed by atoms with Crippen molar-refractivity contribution in [1.82, 2.24) is 24.9 Å². The summed E-state index contributed by atoms with van der Waals surface area (Å²) in [6.45, 7) is 3.01. The molecule has 5 amide bonds. The summed E-state index contributed by atoms with van der Waals surface area (Å²) in [6, 6.07) is 0.983. The summed E-state index contributed by atoms with van der Waals surface area (Å²) in [5, 5.41) is 13.4. The van der Waals surface area contributed by atoms with Gasteiger partial charge in [0.2, 0.25) is 23.6 Å². The van der Waals surface area contributed by atoms with Gasteiger partial charge < -0.3 is 39.8 Å². The second kappa shape index (κ2) is 12.8. The molecule has 4 heterocycles. The number of carbonyl (C=O) groups is 5. The van der Waals surface area contributed by atoms with Crippen molar-refractivity contribution in [3.8, 4) is 0 Å². The first-order chi connectivity index (χ1) is 21.9. The molecule has 3 saturated heterocycles. The van der Waals surface area contributed by atoms with E-state index in [9.17, 15) is 42.4 Å². The number of β-amino-alcohol motifs (C(OH)–C–C–N with tert-alkyl or cyclic N) is 1. The number of rotatable bonds is 6. The molecule has 0 unspecified atom stereocenters. The van der Waals surface area contributed by atoms with E-state index in [2.05, 4.69) is 5.32 Å². The highest BCUT2D eigenvalue weighted by Gasteiger charge is 2.51. The molecule has 3 aliphatic heterocycles. The maximum absolute atomic E-state index is 14.3. The number of likely N-dealkylation sites (tertiary alicyclic amines) is 1. The summed E-state index contributed by atoms with van der Waals surface area (Å²) in [6.07, 6.45) is 0.219. The van der Waals surface area contributed by atoms with E-state index in [1.165, 1.54) is 52.6 Å². The van der Waals surface area contributed by atoms with Gasteiger partial charge in [0.15, 0.2) is 0 Å². The van der Waals surface area contributed by atoms with Crippen LogP contribution in [0, 0.1) is 0 Å². The molecule has 0 spiro atoms. The lowest BCUT2D eigenvalue weighted by Gasteiger charge is -2.39. The van der Waals surface area contributed by atoms with Gasteiger partial charge in [-0.25, -0.2) is 0 Å². The summed E-state index contributed by atoms with van der Waals surface area (Å²) >= 11 is 0.915. The van der Waals surface area contributed by atoms with Crippen molar-refractivity contribution in [2.24, 2.45) is 0 Å². The third-order valence-electron chi connectivity index (χ3n) is 9.23.